The van der Waals surface area contributed by atoms with E-state index in [1.165, 1.54) is 11.6 Å². The Kier molecular flexibility index (Phi) is 7.87. The monoisotopic (exact) mass is 563 g/mol. The maximum atomic E-state index is 13.6. The Morgan fingerprint density at radius 2 is 2.06 bits per heavy atom. The average molecular weight is 563 g/mol. The van der Waals surface area contributed by atoms with Crippen LogP contribution in [0, 0.1) is 5.82 Å². The first-order valence-corrected chi connectivity index (χ1v) is 11.3. The zero-order chi connectivity index (χ0) is 21.9. The van der Waals surface area contributed by atoms with Crippen molar-refractivity contribution in [2.45, 2.75) is 25.1 Å². The normalized spacial score (nSPS) is 21.2. The van der Waals surface area contributed by atoms with E-state index in [0.29, 0.717) is 6.04 Å². The fourth-order valence-corrected chi connectivity index (χ4v) is 4.94. The van der Waals surface area contributed by atoms with Crippen molar-refractivity contribution in [2.75, 3.05) is 39.8 Å². The van der Waals surface area contributed by atoms with Crippen LogP contribution < -0.4 is 5.32 Å². The lowest BCUT2D eigenvalue weighted by molar-refractivity contribution is -0.0502. The number of aromatic amines is 1. The number of morpholine rings is 1. The zero-order valence-electron chi connectivity index (χ0n) is 18.8. The molecule has 2 fully saturated rings. The molecular formula is C25H31FIN5O. The van der Waals surface area contributed by atoms with Gasteiger partial charge in [-0.05, 0) is 35.7 Å². The lowest BCUT2D eigenvalue weighted by Crippen LogP contribution is -2.50. The van der Waals surface area contributed by atoms with E-state index in [9.17, 15) is 4.39 Å². The van der Waals surface area contributed by atoms with Gasteiger partial charge in [0.05, 0.1) is 18.8 Å². The van der Waals surface area contributed by atoms with Crippen LogP contribution in [0.15, 0.2) is 59.7 Å². The van der Waals surface area contributed by atoms with Gasteiger partial charge in [0.15, 0.2) is 5.96 Å². The number of H-pyrrole nitrogens is 1. The molecule has 0 amide bonds. The van der Waals surface area contributed by atoms with Crippen LogP contribution in [0.1, 0.15) is 11.1 Å². The number of hydrogen-bond donors (Lipinski definition) is 2. The van der Waals surface area contributed by atoms with Gasteiger partial charge in [-0.2, -0.15) is 0 Å². The Morgan fingerprint density at radius 1 is 1.21 bits per heavy atom. The van der Waals surface area contributed by atoms with Crippen LogP contribution in [0.25, 0.3) is 10.9 Å². The van der Waals surface area contributed by atoms with Crippen molar-refractivity contribution in [3.63, 3.8) is 0 Å². The Morgan fingerprint density at radius 3 is 2.88 bits per heavy atom. The molecule has 8 heteroatoms. The quantitative estimate of drug-likeness (QED) is 0.283. The van der Waals surface area contributed by atoms with E-state index in [1.807, 2.05) is 13.2 Å². The Hall–Kier alpha value is -2.17. The highest BCUT2D eigenvalue weighted by molar-refractivity contribution is 14.0. The van der Waals surface area contributed by atoms with Crippen LogP contribution in [0.3, 0.4) is 0 Å². The van der Waals surface area contributed by atoms with Gasteiger partial charge in [-0.1, -0.05) is 30.3 Å². The van der Waals surface area contributed by atoms with Crippen molar-refractivity contribution in [2.24, 2.45) is 4.99 Å². The third-order valence-corrected chi connectivity index (χ3v) is 6.56. The topological polar surface area (TPSA) is 55.9 Å². The standard InChI is InChI=1S/C25H30FN5O.HI/c1-27-25(28-10-9-19-14-29-22-8-7-20(26)13-21(19)22)31-16-23-24(17-31)32-12-11-30(23)15-18-5-3-2-4-6-18;/h2-8,13-14,23-24,29H,9-12,15-17H2,1H3,(H,27,28);1H. The number of aromatic nitrogens is 1. The van der Waals surface area contributed by atoms with Crippen LogP contribution in [0.5, 0.6) is 0 Å². The molecule has 33 heavy (non-hydrogen) atoms. The zero-order valence-corrected chi connectivity index (χ0v) is 21.2. The molecule has 0 bridgehead atoms. The van der Waals surface area contributed by atoms with Crippen LogP contribution in [0.4, 0.5) is 4.39 Å². The predicted octanol–water partition coefficient (Wildman–Crippen LogP) is 3.63. The van der Waals surface area contributed by atoms with Gasteiger partial charge in [-0.15, -0.1) is 24.0 Å². The van der Waals surface area contributed by atoms with Crippen molar-refractivity contribution in [1.29, 1.82) is 0 Å². The summed E-state index contributed by atoms with van der Waals surface area (Å²) < 4.78 is 19.8. The fraction of sp³-hybridized carbons (Fsp3) is 0.400. The highest BCUT2D eigenvalue weighted by Crippen LogP contribution is 2.25. The number of nitrogens with one attached hydrogen (secondary N) is 2. The van der Waals surface area contributed by atoms with Crippen LogP contribution in [-0.4, -0.2) is 72.7 Å². The molecule has 176 valence electrons. The first-order chi connectivity index (χ1) is 15.7. The smallest absolute Gasteiger partial charge is 0.193 e. The van der Waals surface area contributed by atoms with Crippen LogP contribution in [0.2, 0.25) is 0 Å². The van der Waals surface area contributed by atoms with Gasteiger partial charge in [0.1, 0.15) is 5.82 Å². The van der Waals surface area contributed by atoms with Crippen molar-refractivity contribution in [3.05, 3.63) is 71.7 Å². The van der Waals surface area contributed by atoms with Gasteiger partial charge in [-0.25, -0.2) is 4.39 Å². The lowest BCUT2D eigenvalue weighted by Gasteiger charge is -2.36. The third kappa shape index (κ3) is 5.33. The molecule has 2 aliphatic rings. The molecule has 0 spiro atoms. The second-order valence-electron chi connectivity index (χ2n) is 8.57. The number of hydrogen-bond acceptors (Lipinski definition) is 3. The van der Waals surface area contributed by atoms with E-state index < -0.39 is 0 Å². The SMILES string of the molecule is CN=C(NCCc1c[nH]c2ccc(F)cc12)N1CC2OCCN(Cc3ccccc3)C2C1.I. The van der Waals surface area contributed by atoms with E-state index in [4.69, 9.17) is 4.74 Å². The van der Waals surface area contributed by atoms with Gasteiger partial charge in [0.25, 0.3) is 0 Å². The molecule has 3 aromatic rings. The number of rotatable bonds is 5. The van der Waals surface area contributed by atoms with Gasteiger partial charge >= 0.3 is 0 Å². The fourth-order valence-electron chi connectivity index (χ4n) is 4.94. The lowest BCUT2D eigenvalue weighted by atomic mass is 10.1. The molecule has 2 unspecified atom stereocenters. The summed E-state index contributed by atoms with van der Waals surface area (Å²) >= 11 is 0. The highest BCUT2D eigenvalue weighted by Gasteiger charge is 2.41. The summed E-state index contributed by atoms with van der Waals surface area (Å²) in [6.45, 7) is 5.14. The molecule has 5 rings (SSSR count). The van der Waals surface area contributed by atoms with Gasteiger partial charge < -0.3 is 19.9 Å². The Labute approximate surface area is 211 Å². The molecule has 2 N–H and O–H groups in total. The summed E-state index contributed by atoms with van der Waals surface area (Å²) in [5.41, 5.74) is 3.41. The molecule has 0 saturated carbocycles. The van der Waals surface area contributed by atoms with Crippen LogP contribution in [-0.2, 0) is 17.7 Å². The summed E-state index contributed by atoms with van der Waals surface area (Å²) in [4.78, 5) is 12.6. The second kappa shape index (κ2) is 10.8. The van der Waals surface area contributed by atoms with E-state index in [-0.39, 0.29) is 35.9 Å². The molecule has 2 atom stereocenters. The summed E-state index contributed by atoms with van der Waals surface area (Å²) in [5, 5.41) is 4.44. The largest absolute Gasteiger partial charge is 0.373 e. The molecule has 2 saturated heterocycles. The summed E-state index contributed by atoms with van der Waals surface area (Å²) in [6, 6.07) is 15.9. The number of benzene rings is 2. The predicted molar refractivity (Wildman–Crippen MR) is 141 cm³/mol. The molecule has 2 aromatic carbocycles. The Bertz CT molecular complexity index is 1090. The van der Waals surface area contributed by atoms with E-state index in [1.54, 1.807) is 12.1 Å². The average Bonchev–Trinajstić information content (AvgIpc) is 3.42. The van der Waals surface area contributed by atoms with E-state index >= 15 is 0 Å². The van der Waals surface area contributed by atoms with Crippen molar-refractivity contribution < 1.29 is 9.13 Å². The van der Waals surface area contributed by atoms with Crippen molar-refractivity contribution in [3.8, 4) is 0 Å². The minimum atomic E-state index is -0.207. The molecule has 3 heterocycles. The molecule has 0 aliphatic carbocycles. The number of fused-ring (bicyclic) bond motifs is 2. The second-order valence-corrected chi connectivity index (χ2v) is 8.57. The van der Waals surface area contributed by atoms with Crippen molar-refractivity contribution in [1.82, 2.24) is 20.1 Å². The first kappa shape index (κ1) is 24.0. The number of guanidine groups is 1. The van der Waals surface area contributed by atoms with E-state index in [2.05, 4.69) is 55.4 Å². The maximum Gasteiger partial charge on any atom is 0.193 e. The van der Waals surface area contributed by atoms with Gasteiger partial charge in [-0.3, -0.25) is 9.89 Å². The number of ether oxygens (including phenoxy) is 1. The number of likely N-dealkylation sites (tertiary alicyclic amines) is 1. The maximum absolute atomic E-state index is 13.6. The first-order valence-electron chi connectivity index (χ1n) is 11.3. The third-order valence-electron chi connectivity index (χ3n) is 6.56. The van der Waals surface area contributed by atoms with Crippen molar-refractivity contribution >= 4 is 40.8 Å². The summed E-state index contributed by atoms with van der Waals surface area (Å²) in [6.07, 6.45) is 2.95. The minimum Gasteiger partial charge on any atom is -0.373 e. The number of halogens is 2. The minimum absolute atomic E-state index is 0. The Balaban J connectivity index is 0.00000259. The van der Waals surface area contributed by atoms with E-state index in [0.717, 1.165) is 68.2 Å². The molecule has 6 nitrogen and oxygen atoms in total. The number of aliphatic imine (C=N–C) groups is 1. The number of nitrogens with zero attached hydrogens (tertiary/aromatic N) is 3. The van der Waals surface area contributed by atoms with Gasteiger partial charge in [0.2, 0.25) is 0 Å². The molecule has 1 aromatic heterocycles. The molecular weight excluding hydrogens is 532 g/mol. The highest BCUT2D eigenvalue weighted by atomic mass is 127. The molecule has 2 aliphatic heterocycles. The molecule has 0 radical (unpaired) electrons. The summed E-state index contributed by atoms with van der Waals surface area (Å²) in [5.74, 6) is 0.690. The van der Waals surface area contributed by atoms with Gasteiger partial charge in [0, 0.05) is 56.9 Å². The van der Waals surface area contributed by atoms with Crippen LogP contribution >= 0.6 is 24.0 Å². The summed E-state index contributed by atoms with van der Waals surface area (Å²) in [7, 11) is 1.83.